The smallest absolute Gasteiger partial charge is 0.265 e. The van der Waals surface area contributed by atoms with Crippen LogP contribution in [0, 0.1) is 11.6 Å². The fraction of sp³-hybridized carbons (Fsp3) is 0.0714. The van der Waals surface area contributed by atoms with Gasteiger partial charge in [0.1, 0.15) is 6.61 Å². The van der Waals surface area contributed by atoms with Crippen molar-refractivity contribution in [2.75, 3.05) is 0 Å². The molecular formula is C14H11BrF2N2O2. The third kappa shape index (κ3) is 3.77. The predicted molar refractivity (Wildman–Crippen MR) is 76.5 cm³/mol. The van der Waals surface area contributed by atoms with Gasteiger partial charge in [-0.3, -0.25) is 10.2 Å². The van der Waals surface area contributed by atoms with E-state index in [-0.39, 0.29) is 12.4 Å². The van der Waals surface area contributed by atoms with E-state index in [1.54, 1.807) is 24.3 Å². The lowest BCUT2D eigenvalue weighted by Gasteiger charge is -2.09. The van der Waals surface area contributed by atoms with Gasteiger partial charge in [-0.05, 0) is 29.8 Å². The van der Waals surface area contributed by atoms with Crippen LogP contribution in [0.5, 0.6) is 5.75 Å². The molecule has 4 nitrogen and oxygen atoms in total. The highest BCUT2D eigenvalue weighted by Gasteiger charge is 2.11. The molecule has 2 rings (SSSR count). The Morgan fingerprint density at radius 2 is 1.90 bits per heavy atom. The summed E-state index contributed by atoms with van der Waals surface area (Å²) in [6, 6.07) is 8.74. The maximum atomic E-state index is 13.5. The van der Waals surface area contributed by atoms with Crippen molar-refractivity contribution in [1.82, 2.24) is 5.43 Å². The van der Waals surface area contributed by atoms with Gasteiger partial charge in [0.2, 0.25) is 5.82 Å². The van der Waals surface area contributed by atoms with E-state index in [2.05, 4.69) is 15.9 Å². The van der Waals surface area contributed by atoms with Crippen LogP contribution in [-0.2, 0) is 6.61 Å². The van der Waals surface area contributed by atoms with Gasteiger partial charge in [0, 0.05) is 10.0 Å². The van der Waals surface area contributed by atoms with Crippen LogP contribution in [0.25, 0.3) is 0 Å². The number of amides is 1. The molecule has 0 aliphatic heterocycles. The quantitative estimate of drug-likeness (QED) is 0.383. The Labute approximate surface area is 128 Å². The summed E-state index contributed by atoms with van der Waals surface area (Å²) in [5, 5.41) is 0. The lowest BCUT2D eigenvalue weighted by molar-refractivity contribution is 0.0953. The van der Waals surface area contributed by atoms with Crippen LogP contribution in [0.4, 0.5) is 8.78 Å². The number of benzene rings is 2. The number of hydrogen-bond acceptors (Lipinski definition) is 3. The summed E-state index contributed by atoms with van der Waals surface area (Å²) in [5.41, 5.74) is 3.10. The number of nitrogens with two attached hydrogens (primary N) is 1. The number of rotatable bonds is 4. The minimum absolute atomic E-state index is 0.0390. The van der Waals surface area contributed by atoms with Gasteiger partial charge in [0.15, 0.2) is 11.6 Å². The molecule has 0 saturated heterocycles. The Hall–Kier alpha value is -1.99. The molecule has 0 heterocycles. The van der Waals surface area contributed by atoms with Crippen molar-refractivity contribution in [3.05, 3.63) is 63.6 Å². The molecule has 1 amide bonds. The molecule has 110 valence electrons. The first kappa shape index (κ1) is 15.4. The van der Waals surface area contributed by atoms with Crippen molar-refractivity contribution >= 4 is 21.8 Å². The number of nitrogens with one attached hydrogen (secondary N) is 1. The Morgan fingerprint density at radius 3 is 2.52 bits per heavy atom. The molecule has 0 radical (unpaired) electrons. The number of hydrazine groups is 1. The average Bonchev–Trinajstić information content (AvgIpc) is 2.49. The maximum Gasteiger partial charge on any atom is 0.265 e. The van der Waals surface area contributed by atoms with Crippen molar-refractivity contribution < 1.29 is 18.3 Å². The van der Waals surface area contributed by atoms with Crippen LogP contribution in [0.2, 0.25) is 0 Å². The van der Waals surface area contributed by atoms with Gasteiger partial charge in [0.25, 0.3) is 5.91 Å². The molecule has 0 aliphatic carbocycles. The fourth-order valence-corrected chi connectivity index (χ4v) is 2.04. The molecular weight excluding hydrogens is 346 g/mol. The van der Waals surface area contributed by atoms with Crippen LogP contribution in [0.3, 0.4) is 0 Å². The molecule has 7 heteroatoms. The van der Waals surface area contributed by atoms with Gasteiger partial charge in [-0.1, -0.05) is 28.1 Å². The van der Waals surface area contributed by atoms with Crippen LogP contribution in [0.15, 0.2) is 40.9 Å². The second-order valence-corrected chi connectivity index (χ2v) is 5.07. The third-order valence-electron chi connectivity index (χ3n) is 2.70. The van der Waals surface area contributed by atoms with Crippen molar-refractivity contribution in [2.24, 2.45) is 5.84 Å². The molecule has 2 aromatic carbocycles. The van der Waals surface area contributed by atoms with Gasteiger partial charge >= 0.3 is 0 Å². The molecule has 21 heavy (non-hydrogen) atoms. The number of carbonyl (C=O) groups excluding carboxylic acids is 1. The van der Waals surface area contributed by atoms with Crippen molar-refractivity contribution in [2.45, 2.75) is 6.61 Å². The fourth-order valence-electron chi connectivity index (χ4n) is 1.63. The van der Waals surface area contributed by atoms with E-state index < -0.39 is 17.5 Å². The maximum absolute atomic E-state index is 13.5. The standard InChI is InChI=1S/C14H11BrF2N2O2/c15-10-5-11(16)13(17)12(6-10)21-7-8-1-3-9(4-2-8)14(20)19-18/h1-6H,7,18H2,(H,19,20). The van der Waals surface area contributed by atoms with Gasteiger partial charge in [-0.15, -0.1) is 0 Å². The highest BCUT2D eigenvalue weighted by atomic mass is 79.9. The minimum Gasteiger partial charge on any atom is -0.486 e. The minimum atomic E-state index is -1.04. The molecule has 0 spiro atoms. The summed E-state index contributed by atoms with van der Waals surface area (Å²) >= 11 is 3.06. The van der Waals surface area contributed by atoms with E-state index in [1.807, 2.05) is 5.43 Å². The SMILES string of the molecule is NNC(=O)c1ccc(COc2cc(Br)cc(F)c2F)cc1. The van der Waals surface area contributed by atoms with E-state index >= 15 is 0 Å². The second-order valence-electron chi connectivity index (χ2n) is 4.16. The Kier molecular flexibility index (Phi) is 4.87. The van der Waals surface area contributed by atoms with Crippen LogP contribution >= 0.6 is 15.9 Å². The Balaban J connectivity index is 2.08. The van der Waals surface area contributed by atoms with E-state index in [4.69, 9.17) is 10.6 Å². The van der Waals surface area contributed by atoms with Crippen molar-refractivity contribution in [3.8, 4) is 5.75 Å². The predicted octanol–water partition coefficient (Wildman–Crippen LogP) is 2.91. The Morgan fingerprint density at radius 1 is 1.24 bits per heavy atom. The lowest BCUT2D eigenvalue weighted by atomic mass is 10.1. The molecule has 0 unspecified atom stereocenters. The molecule has 0 atom stereocenters. The van der Waals surface area contributed by atoms with Gasteiger partial charge < -0.3 is 4.74 Å². The summed E-state index contributed by atoms with van der Waals surface area (Å²) in [6.07, 6.45) is 0. The van der Waals surface area contributed by atoms with E-state index in [0.717, 1.165) is 6.07 Å². The molecule has 0 saturated carbocycles. The number of halogens is 3. The number of carbonyl (C=O) groups is 1. The molecule has 0 bridgehead atoms. The Bertz CT molecular complexity index is 663. The van der Waals surface area contributed by atoms with E-state index in [0.29, 0.717) is 15.6 Å². The first-order valence-corrected chi connectivity index (χ1v) is 6.68. The zero-order chi connectivity index (χ0) is 15.4. The number of nitrogen functional groups attached to an aromatic ring is 1. The van der Waals surface area contributed by atoms with Crippen LogP contribution in [-0.4, -0.2) is 5.91 Å². The van der Waals surface area contributed by atoms with Crippen LogP contribution < -0.4 is 16.0 Å². The van der Waals surface area contributed by atoms with Crippen LogP contribution in [0.1, 0.15) is 15.9 Å². The topological polar surface area (TPSA) is 64.3 Å². The summed E-state index contributed by atoms with van der Waals surface area (Å²) in [4.78, 5) is 11.3. The van der Waals surface area contributed by atoms with E-state index in [1.165, 1.54) is 6.07 Å². The van der Waals surface area contributed by atoms with Crippen molar-refractivity contribution in [1.29, 1.82) is 0 Å². The molecule has 3 N–H and O–H groups in total. The second kappa shape index (κ2) is 6.64. The summed E-state index contributed by atoms with van der Waals surface area (Å²) in [5.74, 6) is 2.38. The normalized spacial score (nSPS) is 10.3. The van der Waals surface area contributed by atoms with Crippen molar-refractivity contribution in [3.63, 3.8) is 0 Å². The summed E-state index contributed by atoms with van der Waals surface area (Å²) < 4.78 is 32.3. The highest BCUT2D eigenvalue weighted by Crippen LogP contribution is 2.26. The third-order valence-corrected chi connectivity index (χ3v) is 3.16. The monoisotopic (exact) mass is 356 g/mol. The highest BCUT2D eigenvalue weighted by molar-refractivity contribution is 9.10. The number of ether oxygens (including phenoxy) is 1. The summed E-state index contributed by atoms with van der Waals surface area (Å²) in [7, 11) is 0. The summed E-state index contributed by atoms with van der Waals surface area (Å²) in [6.45, 7) is 0.0390. The lowest BCUT2D eigenvalue weighted by Crippen LogP contribution is -2.29. The molecule has 0 fully saturated rings. The molecule has 0 aliphatic rings. The molecule has 0 aromatic heterocycles. The molecule has 2 aromatic rings. The largest absolute Gasteiger partial charge is 0.486 e. The zero-order valence-electron chi connectivity index (χ0n) is 10.7. The first-order chi connectivity index (χ1) is 10.0. The van der Waals surface area contributed by atoms with Gasteiger partial charge in [0.05, 0.1) is 0 Å². The average molecular weight is 357 g/mol. The number of hydrogen-bond donors (Lipinski definition) is 2. The van der Waals surface area contributed by atoms with E-state index in [9.17, 15) is 13.6 Å². The van der Waals surface area contributed by atoms with Gasteiger partial charge in [-0.2, -0.15) is 4.39 Å². The first-order valence-electron chi connectivity index (χ1n) is 5.88. The zero-order valence-corrected chi connectivity index (χ0v) is 12.3. The van der Waals surface area contributed by atoms with Gasteiger partial charge in [-0.25, -0.2) is 10.2 Å².